The quantitative estimate of drug-likeness (QED) is 0.897. The molecule has 1 aromatic rings. The molecule has 0 spiro atoms. The fourth-order valence-electron chi connectivity index (χ4n) is 4.11. The second kappa shape index (κ2) is 5.55. The summed E-state index contributed by atoms with van der Waals surface area (Å²) in [5.41, 5.74) is 0.865. The summed E-state index contributed by atoms with van der Waals surface area (Å²) in [6.07, 6.45) is 5.71. The van der Waals surface area contributed by atoms with Crippen molar-refractivity contribution in [3.63, 3.8) is 0 Å². The standard InChI is InChI=1S/C17H22FNO/c1-11(16-9-13-2-5-14(16)8-13)19-17(20)10-12-3-6-15(18)7-4-12/h3-4,6-7,11,13-14,16H,2,5,8-10H2,1H3,(H,19,20)/t11-,13-,14-,16-/m0/s1. The van der Waals surface area contributed by atoms with Crippen LogP contribution in [-0.4, -0.2) is 11.9 Å². The summed E-state index contributed by atoms with van der Waals surface area (Å²) < 4.78 is 12.8. The lowest BCUT2D eigenvalue weighted by Crippen LogP contribution is -2.40. The van der Waals surface area contributed by atoms with Gasteiger partial charge in [-0.2, -0.15) is 0 Å². The molecule has 4 atom stereocenters. The van der Waals surface area contributed by atoms with Crippen molar-refractivity contribution >= 4 is 5.91 Å². The third-order valence-corrected chi connectivity index (χ3v) is 5.10. The molecule has 0 saturated heterocycles. The third kappa shape index (κ3) is 2.87. The van der Waals surface area contributed by atoms with Gasteiger partial charge in [-0.3, -0.25) is 4.79 Å². The van der Waals surface area contributed by atoms with E-state index in [0.717, 1.165) is 17.4 Å². The van der Waals surface area contributed by atoms with Gasteiger partial charge in [0, 0.05) is 6.04 Å². The van der Waals surface area contributed by atoms with Crippen LogP contribution in [0.2, 0.25) is 0 Å². The maximum atomic E-state index is 12.8. The van der Waals surface area contributed by atoms with Crippen LogP contribution in [0.1, 0.15) is 38.2 Å². The summed E-state index contributed by atoms with van der Waals surface area (Å²) in [5.74, 6) is 2.17. The molecule has 108 valence electrons. The Kier molecular flexibility index (Phi) is 3.77. The maximum Gasteiger partial charge on any atom is 0.224 e. The largest absolute Gasteiger partial charge is 0.353 e. The molecule has 2 fully saturated rings. The smallest absolute Gasteiger partial charge is 0.224 e. The van der Waals surface area contributed by atoms with E-state index in [1.807, 2.05) is 0 Å². The van der Waals surface area contributed by atoms with Gasteiger partial charge < -0.3 is 5.32 Å². The van der Waals surface area contributed by atoms with Crippen LogP contribution in [0.25, 0.3) is 0 Å². The summed E-state index contributed by atoms with van der Waals surface area (Å²) in [4.78, 5) is 12.1. The first kappa shape index (κ1) is 13.6. The summed E-state index contributed by atoms with van der Waals surface area (Å²) in [5, 5.41) is 3.14. The Morgan fingerprint density at radius 1 is 1.30 bits per heavy atom. The van der Waals surface area contributed by atoms with E-state index in [1.54, 1.807) is 12.1 Å². The third-order valence-electron chi connectivity index (χ3n) is 5.10. The van der Waals surface area contributed by atoms with E-state index in [-0.39, 0.29) is 17.8 Å². The summed E-state index contributed by atoms with van der Waals surface area (Å²) in [6, 6.07) is 6.43. The van der Waals surface area contributed by atoms with Crippen molar-refractivity contribution < 1.29 is 9.18 Å². The van der Waals surface area contributed by atoms with Crippen molar-refractivity contribution in [3.05, 3.63) is 35.6 Å². The fraction of sp³-hybridized carbons (Fsp3) is 0.588. The summed E-state index contributed by atoms with van der Waals surface area (Å²) >= 11 is 0. The molecule has 0 heterocycles. The molecule has 0 aromatic heterocycles. The predicted molar refractivity (Wildman–Crippen MR) is 76.6 cm³/mol. The van der Waals surface area contributed by atoms with Crippen molar-refractivity contribution in [1.82, 2.24) is 5.32 Å². The van der Waals surface area contributed by atoms with E-state index in [1.165, 1.54) is 37.8 Å². The van der Waals surface area contributed by atoms with Gasteiger partial charge in [-0.1, -0.05) is 18.6 Å². The zero-order chi connectivity index (χ0) is 14.1. The van der Waals surface area contributed by atoms with Crippen LogP contribution in [0, 0.1) is 23.6 Å². The van der Waals surface area contributed by atoms with Crippen LogP contribution in [0.5, 0.6) is 0 Å². The first-order valence-corrected chi connectivity index (χ1v) is 7.65. The Morgan fingerprint density at radius 3 is 2.65 bits per heavy atom. The van der Waals surface area contributed by atoms with Gasteiger partial charge in [0.25, 0.3) is 0 Å². The molecular weight excluding hydrogens is 253 g/mol. The van der Waals surface area contributed by atoms with Crippen molar-refractivity contribution in [2.45, 2.75) is 45.1 Å². The van der Waals surface area contributed by atoms with Crippen LogP contribution in [0.3, 0.4) is 0 Å². The molecule has 2 bridgehead atoms. The molecular formula is C17H22FNO. The van der Waals surface area contributed by atoms with Crippen molar-refractivity contribution in [2.75, 3.05) is 0 Å². The molecule has 20 heavy (non-hydrogen) atoms. The van der Waals surface area contributed by atoms with Crippen molar-refractivity contribution in [1.29, 1.82) is 0 Å². The maximum absolute atomic E-state index is 12.8. The topological polar surface area (TPSA) is 29.1 Å². The second-order valence-electron chi connectivity index (χ2n) is 6.50. The molecule has 3 rings (SSSR count). The zero-order valence-corrected chi connectivity index (χ0v) is 11.9. The lowest BCUT2D eigenvalue weighted by molar-refractivity contribution is -0.121. The minimum Gasteiger partial charge on any atom is -0.353 e. The van der Waals surface area contributed by atoms with Gasteiger partial charge in [0.05, 0.1) is 6.42 Å². The van der Waals surface area contributed by atoms with Gasteiger partial charge in [-0.25, -0.2) is 4.39 Å². The Labute approximate surface area is 119 Å². The van der Waals surface area contributed by atoms with Gasteiger partial charge in [0.15, 0.2) is 0 Å². The fourth-order valence-corrected chi connectivity index (χ4v) is 4.11. The lowest BCUT2D eigenvalue weighted by Gasteiger charge is -2.28. The SMILES string of the molecule is C[C@H](NC(=O)Cc1ccc(F)cc1)[C@@H]1C[C@H]2CC[C@H]1C2. The highest BCUT2D eigenvalue weighted by Crippen LogP contribution is 2.49. The van der Waals surface area contributed by atoms with E-state index in [2.05, 4.69) is 12.2 Å². The van der Waals surface area contributed by atoms with E-state index in [9.17, 15) is 9.18 Å². The number of rotatable bonds is 4. The number of amides is 1. The number of carbonyl (C=O) groups excluding carboxylic acids is 1. The van der Waals surface area contributed by atoms with Gasteiger partial charge >= 0.3 is 0 Å². The normalized spacial score (nSPS) is 29.4. The van der Waals surface area contributed by atoms with E-state index >= 15 is 0 Å². The minimum absolute atomic E-state index is 0.0480. The number of carbonyl (C=O) groups is 1. The number of fused-ring (bicyclic) bond motifs is 2. The molecule has 3 heteroatoms. The second-order valence-corrected chi connectivity index (χ2v) is 6.50. The number of halogens is 1. The molecule has 1 amide bonds. The molecule has 0 radical (unpaired) electrons. The van der Waals surface area contributed by atoms with Crippen LogP contribution in [-0.2, 0) is 11.2 Å². The van der Waals surface area contributed by atoms with Crippen molar-refractivity contribution in [2.24, 2.45) is 17.8 Å². The molecule has 1 N–H and O–H groups in total. The number of hydrogen-bond acceptors (Lipinski definition) is 1. The number of nitrogens with one attached hydrogen (secondary N) is 1. The van der Waals surface area contributed by atoms with E-state index < -0.39 is 0 Å². The molecule has 0 unspecified atom stereocenters. The molecule has 0 aliphatic heterocycles. The zero-order valence-electron chi connectivity index (χ0n) is 11.9. The highest BCUT2D eigenvalue weighted by atomic mass is 19.1. The van der Waals surface area contributed by atoms with Crippen molar-refractivity contribution in [3.8, 4) is 0 Å². The highest BCUT2D eigenvalue weighted by molar-refractivity contribution is 5.78. The van der Waals surface area contributed by atoms with Crippen LogP contribution >= 0.6 is 0 Å². The molecule has 2 aliphatic carbocycles. The summed E-state index contributed by atoms with van der Waals surface area (Å²) in [7, 11) is 0. The highest BCUT2D eigenvalue weighted by Gasteiger charge is 2.42. The Hall–Kier alpha value is -1.38. The first-order chi connectivity index (χ1) is 9.61. The van der Waals surface area contributed by atoms with E-state index in [4.69, 9.17) is 0 Å². The van der Waals surface area contributed by atoms with Crippen LogP contribution < -0.4 is 5.32 Å². The average molecular weight is 275 g/mol. The summed E-state index contributed by atoms with van der Waals surface area (Å²) in [6.45, 7) is 2.13. The molecule has 2 saturated carbocycles. The van der Waals surface area contributed by atoms with Gasteiger partial charge in [0.2, 0.25) is 5.91 Å². The van der Waals surface area contributed by atoms with Gasteiger partial charge in [-0.05, 0) is 61.6 Å². The predicted octanol–water partition coefficient (Wildman–Crippen LogP) is 3.31. The monoisotopic (exact) mass is 275 g/mol. The lowest BCUT2D eigenvalue weighted by atomic mass is 9.84. The average Bonchev–Trinajstić information content (AvgIpc) is 3.03. The van der Waals surface area contributed by atoms with Gasteiger partial charge in [-0.15, -0.1) is 0 Å². The first-order valence-electron chi connectivity index (χ1n) is 7.65. The number of benzene rings is 1. The van der Waals surface area contributed by atoms with Crippen LogP contribution in [0.15, 0.2) is 24.3 Å². The molecule has 2 nitrogen and oxygen atoms in total. The molecule has 1 aromatic carbocycles. The Balaban J connectivity index is 1.52. The van der Waals surface area contributed by atoms with Gasteiger partial charge in [0.1, 0.15) is 5.82 Å². The molecule has 2 aliphatic rings. The Morgan fingerprint density at radius 2 is 2.05 bits per heavy atom. The number of hydrogen-bond donors (Lipinski definition) is 1. The Bertz CT molecular complexity index is 484. The minimum atomic E-state index is -0.260. The van der Waals surface area contributed by atoms with E-state index in [0.29, 0.717) is 12.3 Å². The van der Waals surface area contributed by atoms with Crippen LogP contribution in [0.4, 0.5) is 4.39 Å².